The summed E-state index contributed by atoms with van der Waals surface area (Å²) < 4.78 is 21.8. The molecule has 8 nitrogen and oxygen atoms in total. The van der Waals surface area contributed by atoms with E-state index in [1.807, 2.05) is 42.5 Å². The summed E-state index contributed by atoms with van der Waals surface area (Å²) in [5.74, 6) is 2.81. The minimum atomic E-state index is -0.218. The molecule has 34 heavy (non-hydrogen) atoms. The van der Waals surface area contributed by atoms with Gasteiger partial charge in [0.15, 0.2) is 11.5 Å². The number of aromatic nitrogens is 2. The van der Waals surface area contributed by atoms with Gasteiger partial charge in [-0.1, -0.05) is 12.1 Å². The Bertz CT molecular complexity index is 1320. The topological polar surface area (TPSA) is 91.8 Å². The van der Waals surface area contributed by atoms with Crippen LogP contribution in [0, 0.1) is 0 Å². The van der Waals surface area contributed by atoms with Crippen LogP contribution in [-0.4, -0.2) is 29.8 Å². The second-order valence-corrected chi connectivity index (χ2v) is 7.47. The first-order valence-electron chi connectivity index (χ1n) is 10.6. The number of rotatable bonds is 7. The second-order valence-electron chi connectivity index (χ2n) is 7.47. The predicted molar refractivity (Wildman–Crippen MR) is 124 cm³/mol. The van der Waals surface area contributed by atoms with Crippen LogP contribution in [0.15, 0.2) is 79.1 Å². The number of ether oxygens (including phenoxy) is 4. The Hall–Kier alpha value is -4.59. The molecule has 2 heterocycles. The summed E-state index contributed by atoms with van der Waals surface area (Å²) in [4.78, 5) is 21.2. The van der Waals surface area contributed by atoms with Crippen molar-refractivity contribution in [3.8, 4) is 40.1 Å². The quantitative estimate of drug-likeness (QED) is 0.435. The molecule has 0 unspecified atom stereocenters. The first-order chi connectivity index (χ1) is 16.7. The van der Waals surface area contributed by atoms with Crippen LogP contribution in [0.3, 0.4) is 0 Å². The van der Waals surface area contributed by atoms with Gasteiger partial charge in [-0.3, -0.25) is 4.79 Å². The van der Waals surface area contributed by atoms with Crippen LogP contribution in [0.2, 0.25) is 0 Å². The monoisotopic (exact) mass is 455 g/mol. The smallest absolute Gasteiger partial charge is 0.251 e. The molecule has 1 aliphatic heterocycles. The molecule has 5 rings (SSSR count). The maximum atomic E-state index is 12.7. The van der Waals surface area contributed by atoms with Gasteiger partial charge in [0.25, 0.3) is 5.91 Å². The highest BCUT2D eigenvalue weighted by Gasteiger charge is 2.14. The molecule has 0 saturated carbocycles. The first-order valence-corrected chi connectivity index (χ1v) is 10.6. The minimum Gasteiger partial charge on any atom is -0.497 e. The van der Waals surface area contributed by atoms with Crippen LogP contribution in [0.5, 0.6) is 28.9 Å². The predicted octanol–water partition coefficient (Wildman–Crippen LogP) is 4.60. The Kier molecular flexibility index (Phi) is 5.94. The first kappa shape index (κ1) is 21.3. The normalized spacial score (nSPS) is 11.7. The zero-order valence-corrected chi connectivity index (χ0v) is 18.4. The van der Waals surface area contributed by atoms with E-state index in [0.29, 0.717) is 40.9 Å². The fraction of sp³-hybridized carbons (Fsp3) is 0.115. The van der Waals surface area contributed by atoms with Crippen molar-refractivity contribution in [2.24, 2.45) is 0 Å². The van der Waals surface area contributed by atoms with Gasteiger partial charge in [0.1, 0.15) is 17.8 Å². The van der Waals surface area contributed by atoms with Gasteiger partial charge in [-0.15, -0.1) is 0 Å². The molecule has 4 aromatic rings. The number of amides is 1. The summed E-state index contributed by atoms with van der Waals surface area (Å²) in [6.45, 7) is 0.573. The van der Waals surface area contributed by atoms with Crippen LogP contribution in [0.25, 0.3) is 11.3 Å². The minimum absolute atomic E-state index is 0.214. The number of nitrogens with zero attached hydrogens (tertiary/aromatic N) is 2. The molecule has 1 aromatic heterocycles. The molecule has 0 atom stereocenters. The van der Waals surface area contributed by atoms with E-state index in [9.17, 15) is 4.79 Å². The average Bonchev–Trinajstić information content (AvgIpc) is 3.36. The summed E-state index contributed by atoms with van der Waals surface area (Å²) in [6.07, 6.45) is 1.44. The molecular formula is C26H21N3O5. The van der Waals surface area contributed by atoms with Crippen molar-refractivity contribution in [1.82, 2.24) is 15.3 Å². The zero-order valence-electron chi connectivity index (χ0n) is 18.4. The molecule has 0 radical (unpaired) electrons. The molecule has 0 fully saturated rings. The van der Waals surface area contributed by atoms with Gasteiger partial charge in [-0.2, -0.15) is 0 Å². The van der Waals surface area contributed by atoms with Crippen LogP contribution < -0.4 is 24.3 Å². The molecule has 3 aromatic carbocycles. The van der Waals surface area contributed by atoms with E-state index >= 15 is 0 Å². The Morgan fingerprint density at radius 3 is 2.65 bits per heavy atom. The van der Waals surface area contributed by atoms with Gasteiger partial charge in [0, 0.05) is 23.7 Å². The van der Waals surface area contributed by atoms with Crippen molar-refractivity contribution >= 4 is 5.91 Å². The van der Waals surface area contributed by atoms with Crippen LogP contribution >= 0.6 is 0 Å². The van der Waals surface area contributed by atoms with E-state index in [1.165, 1.54) is 6.33 Å². The summed E-state index contributed by atoms with van der Waals surface area (Å²) in [5.41, 5.74) is 3.01. The van der Waals surface area contributed by atoms with Gasteiger partial charge in [0.05, 0.1) is 12.8 Å². The molecule has 0 spiro atoms. The van der Waals surface area contributed by atoms with E-state index < -0.39 is 0 Å². The number of benzene rings is 3. The number of carbonyl (C=O) groups is 1. The molecule has 8 heteroatoms. The SMILES string of the molecule is COc1ccc(-c2cc(Oc3cccc(C(=O)NCc4ccc5c(c4)OCO5)c3)ncn2)cc1. The third-order valence-electron chi connectivity index (χ3n) is 5.24. The van der Waals surface area contributed by atoms with E-state index in [4.69, 9.17) is 18.9 Å². The molecule has 1 aliphatic rings. The molecule has 0 saturated heterocycles. The Morgan fingerprint density at radius 2 is 1.79 bits per heavy atom. The van der Waals surface area contributed by atoms with E-state index in [0.717, 1.165) is 16.9 Å². The maximum Gasteiger partial charge on any atom is 0.251 e. The van der Waals surface area contributed by atoms with Gasteiger partial charge in [-0.25, -0.2) is 9.97 Å². The van der Waals surface area contributed by atoms with Gasteiger partial charge < -0.3 is 24.3 Å². The largest absolute Gasteiger partial charge is 0.497 e. The molecule has 170 valence electrons. The number of methoxy groups -OCH3 is 1. The van der Waals surface area contributed by atoms with Crippen molar-refractivity contribution in [3.05, 3.63) is 90.3 Å². The van der Waals surface area contributed by atoms with E-state index in [2.05, 4.69) is 15.3 Å². The molecule has 0 aliphatic carbocycles. The average molecular weight is 455 g/mol. The van der Waals surface area contributed by atoms with E-state index in [-0.39, 0.29) is 12.7 Å². The fourth-order valence-corrected chi connectivity index (χ4v) is 3.47. The lowest BCUT2D eigenvalue weighted by Crippen LogP contribution is -2.22. The fourth-order valence-electron chi connectivity index (χ4n) is 3.47. The van der Waals surface area contributed by atoms with Gasteiger partial charge in [0.2, 0.25) is 12.7 Å². The van der Waals surface area contributed by atoms with E-state index in [1.54, 1.807) is 37.4 Å². The third-order valence-corrected chi connectivity index (χ3v) is 5.24. The van der Waals surface area contributed by atoms with Gasteiger partial charge in [-0.05, 0) is 60.2 Å². The molecule has 1 N–H and O–H groups in total. The van der Waals surface area contributed by atoms with Crippen molar-refractivity contribution in [2.75, 3.05) is 13.9 Å². The molecule has 1 amide bonds. The summed E-state index contributed by atoms with van der Waals surface area (Å²) in [5, 5.41) is 2.91. The highest BCUT2D eigenvalue weighted by atomic mass is 16.7. The molecular weight excluding hydrogens is 434 g/mol. The summed E-state index contributed by atoms with van der Waals surface area (Å²) in [7, 11) is 1.62. The Balaban J connectivity index is 1.25. The lowest BCUT2D eigenvalue weighted by Gasteiger charge is -2.09. The van der Waals surface area contributed by atoms with Crippen LogP contribution in [0.4, 0.5) is 0 Å². The van der Waals surface area contributed by atoms with Crippen molar-refractivity contribution < 1.29 is 23.7 Å². The van der Waals surface area contributed by atoms with Crippen LogP contribution in [0.1, 0.15) is 15.9 Å². The highest BCUT2D eigenvalue weighted by Crippen LogP contribution is 2.32. The lowest BCUT2D eigenvalue weighted by molar-refractivity contribution is 0.0950. The summed E-state index contributed by atoms with van der Waals surface area (Å²) in [6, 6.07) is 21.8. The number of fused-ring (bicyclic) bond motifs is 1. The van der Waals surface area contributed by atoms with Crippen LogP contribution in [-0.2, 0) is 6.54 Å². The highest BCUT2D eigenvalue weighted by molar-refractivity contribution is 5.94. The number of carbonyl (C=O) groups excluding carboxylic acids is 1. The lowest BCUT2D eigenvalue weighted by atomic mass is 10.1. The number of hydrogen-bond donors (Lipinski definition) is 1. The second kappa shape index (κ2) is 9.50. The summed E-state index contributed by atoms with van der Waals surface area (Å²) >= 11 is 0. The standard InChI is InChI=1S/C26H21N3O5/c1-31-20-8-6-18(7-9-20)22-13-25(29-15-28-22)34-21-4-2-3-19(12-21)26(30)27-14-17-5-10-23-24(11-17)33-16-32-23/h2-13,15H,14,16H2,1H3,(H,27,30). The third kappa shape index (κ3) is 4.75. The number of nitrogens with one attached hydrogen (secondary N) is 1. The molecule has 0 bridgehead atoms. The number of hydrogen-bond acceptors (Lipinski definition) is 7. The van der Waals surface area contributed by atoms with Crippen molar-refractivity contribution in [1.29, 1.82) is 0 Å². The van der Waals surface area contributed by atoms with Crippen molar-refractivity contribution in [3.63, 3.8) is 0 Å². The van der Waals surface area contributed by atoms with Crippen molar-refractivity contribution in [2.45, 2.75) is 6.54 Å². The van der Waals surface area contributed by atoms with Gasteiger partial charge >= 0.3 is 0 Å². The maximum absolute atomic E-state index is 12.7. The Labute approximate surface area is 196 Å². The zero-order chi connectivity index (χ0) is 23.3. The Morgan fingerprint density at radius 1 is 0.941 bits per heavy atom.